The quantitative estimate of drug-likeness (QED) is 0.245. The maximum atomic E-state index is 13.4. The molecule has 0 aliphatic heterocycles. The minimum absolute atomic E-state index is 0.154. The molecule has 0 unspecified atom stereocenters. The second-order valence-corrected chi connectivity index (χ2v) is 8.62. The fourth-order valence-corrected chi connectivity index (χ4v) is 4.44. The Morgan fingerprint density at radius 1 is 0.939 bits per heavy atom. The summed E-state index contributed by atoms with van der Waals surface area (Å²) in [5.74, 6) is 2.57. The van der Waals surface area contributed by atoms with E-state index in [0.29, 0.717) is 45.1 Å². The molecular formula is C24H19ClN4O3S. The summed E-state index contributed by atoms with van der Waals surface area (Å²) in [5.41, 5.74) is 1.29. The number of hydrogen-bond acceptors (Lipinski definition) is 6. The van der Waals surface area contributed by atoms with Crippen LogP contribution in [0.4, 0.5) is 0 Å². The van der Waals surface area contributed by atoms with Gasteiger partial charge in [0.25, 0.3) is 5.56 Å². The van der Waals surface area contributed by atoms with Crippen LogP contribution in [0.2, 0.25) is 5.02 Å². The molecule has 33 heavy (non-hydrogen) atoms. The van der Waals surface area contributed by atoms with Crippen LogP contribution in [0.15, 0.2) is 82.7 Å². The molecule has 0 atom stereocenters. The first-order chi connectivity index (χ1) is 16.2. The summed E-state index contributed by atoms with van der Waals surface area (Å²) in [6.07, 6.45) is 0. The van der Waals surface area contributed by atoms with Crippen molar-refractivity contribution < 1.29 is 9.47 Å². The van der Waals surface area contributed by atoms with Gasteiger partial charge in [-0.05, 0) is 60.7 Å². The molecule has 0 saturated heterocycles. The lowest BCUT2D eigenvalue weighted by molar-refractivity contribution is 0.344. The molecule has 3 aromatic carbocycles. The average molecular weight is 479 g/mol. The van der Waals surface area contributed by atoms with E-state index in [4.69, 9.17) is 21.1 Å². The Balaban J connectivity index is 1.51. The van der Waals surface area contributed by atoms with Crippen LogP contribution in [0, 0.1) is 0 Å². The van der Waals surface area contributed by atoms with Gasteiger partial charge in [0.05, 0.1) is 30.3 Å². The molecule has 9 heteroatoms. The van der Waals surface area contributed by atoms with Crippen LogP contribution in [-0.2, 0) is 0 Å². The normalized spacial score (nSPS) is 11.2. The van der Waals surface area contributed by atoms with Crippen molar-refractivity contribution >= 4 is 40.0 Å². The molecule has 0 spiro atoms. The SMILES string of the molecule is COc1ccc(-n2c(=O)c3ccccc3n3c(SCCOc4ccc(Cl)cc4)nnc23)cc1. The number of methoxy groups -OCH3 is 1. The van der Waals surface area contributed by atoms with Crippen molar-refractivity contribution in [1.82, 2.24) is 19.2 Å². The third-order valence-corrected chi connectivity index (χ3v) is 6.27. The van der Waals surface area contributed by atoms with E-state index in [1.165, 1.54) is 11.8 Å². The van der Waals surface area contributed by atoms with Crippen molar-refractivity contribution in [1.29, 1.82) is 0 Å². The molecule has 0 saturated carbocycles. The summed E-state index contributed by atoms with van der Waals surface area (Å²) in [6.45, 7) is 0.483. The maximum Gasteiger partial charge on any atom is 0.267 e. The standard InChI is InChI=1S/C24H19ClN4O3S/c1-31-18-12-8-17(9-13-18)28-22(30)20-4-2-3-5-21(20)29-23(28)26-27-24(29)33-15-14-32-19-10-6-16(25)7-11-19/h2-13H,14-15H2,1H3. The van der Waals surface area contributed by atoms with Gasteiger partial charge >= 0.3 is 0 Å². The van der Waals surface area contributed by atoms with E-state index in [1.54, 1.807) is 23.8 Å². The molecule has 0 fully saturated rings. The summed E-state index contributed by atoms with van der Waals surface area (Å²) in [6, 6.07) is 22.0. The molecule has 0 bridgehead atoms. The topological polar surface area (TPSA) is 70.7 Å². The number of aromatic nitrogens is 4. The van der Waals surface area contributed by atoms with Crippen LogP contribution >= 0.6 is 23.4 Å². The van der Waals surface area contributed by atoms with E-state index in [0.717, 1.165) is 11.3 Å². The lowest BCUT2D eigenvalue weighted by Crippen LogP contribution is -2.21. The average Bonchev–Trinajstić information content (AvgIpc) is 3.27. The van der Waals surface area contributed by atoms with E-state index in [-0.39, 0.29) is 5.56 Å². The van der Waals surface area contributed by atoms with E-state index < -0.39 is 0 Å². The first-order valence-corrected chi connectivity index (χ1v) is 11.6. The van der Waals surface area contributed by atoms with Gasteiger partial charge in [0, 0.05) is 10.8 Å². The molecule has 0 amide bonds. The first kappa shape index (κ1) is 21.4. The third-order valence-electron chi connectivity index (χ3n) is 5.12. The number of rotatable bonds is 7. The third kappa shape index (κ3) is 4.15. The largest absolute Gasteiger partial charge is 0.497 e. The highest BCUT2D eigenvalue weighted by atomic mass is 35.5. The zero-order valence-corrected chi connectivity index (χ0v) is 19.2. The van der Waals surface area contributed by atoms with Crippen molar-refractivity contribution in [3.05, 3.63) is 88.2 Å². The number of thioether (sulfide) groups is 1. The zero-order chi connectivity index (χ0) is 22.8. The Bertz CT molecular complexity index is 1480. The van der Waals surface area contributed by atoms with Crippen LogP contribution < -0.4 is 15.0 Å². The van der Waals surface area contributed by atoms with Gasteiger partial charge in [0.2, 0.25) is 5.78 Å². The van der Waals surface area contributed by atoms with Gasteiger partial charge in [0.1, 0.15) is 11.5 Å². The molecule has 0 N–H and O–H groups in total. The summed E-state index contributed by atoms with van der Waals surface area (Å²) >= 11 is 7.43. The maximum absolute atomic E-state index is 13.4. The molecule has 2 aromatic heterocycles. The van der Waals surface area contributed by atoms with Gasteiger partial charge in [0.15, 0.2) is 5.16 Å². The van der Waals surface area contributed by atoms with Crippen molar-refractivity contribution in [3.63, 3.8) is 0 Å². The highest BCUT2D eigenvalue weighted by Gasteiger charge is 2.18. The van der Waals surface area contributed by atoms with Crippen molar-refractivity contribution in [2.75, 3.05) is 19.5 Å². The number of hydrogen-bond donors (Lipinski definition) is 0. The van der Waals surface area contributed by atoms with Crippen LogP contribution in [-0.4, -0.2) is 38.6 Å². The molecular weight excluding hydrogens is 460 g/mol. The molecule has 5 aromatic rings. The Morgan fingerprint density at radius 2 is 1.67 bits per heavy atom. The number of para-hydroxylation sites is 1. The van der Waals surface area contributed by atoms with Gasteiger partial charge in [-0.3, -0.25) is 9.20 Å². The molecule has 2 heterocycles. The Labute approximate surface area is 198 Å². The second-order valence-electron chi connectivity index (χ2n) is 7.12. The fraction of sp³-hybridized carbons (Fsp3) is 0.125. The molecule has 0 aliphatic rings. The van der Waals surface area contributed by atoms with E-state index >= 15 is 0 Å². The minimum Gasteiger partial charge on any atom is -0.497 e. The lowest BCUT2D eigenvalue weighted by atomic mass is 10.2. The smallest absolute Gasteiger partial charge is 0.267 e. The second kappa shape index (κ2) is 9.17. The van der Waals surface area contributed by atoms with Gasteiger partial charge < -0.3 is 9.47 Å². The van der Waals surface area contributed by atoms with E-state index in [9.17, 15) is 4.79 Å². The van der Waals surface area contributed by atoms with Gasteiger partial charge in [-0.2, -0.15) is 0 Å². The number of halogens is 1. The number of benzene rings is 3. The predicted molar refractivity (Wildman–Crippen MR) is 130 cm³/mol. The molecule has 166 valence electrons. The molecule has 7 nitrogen and oxygen atoms in total. The number of ether oxygens (including phenoxy) is 2. The van der Waals surface area contributed by atoms with Crippen LogP contribution in [0.5, 0.6) is 11.5 Å². The fourth-order valence-electron chi connectivity index (χ4n) is 3.56. The Hall–Kier alpha value is -3.49. The summed E-state index contributed by atoms with van der Waals surface area (Å²) in [7, 11) is 1.61. The van der Waals surface area contributed by atoms with Gasteiger partial charge in [-0.1, -0.05) is 35.5 Å². The van der Waals surface area contributed by atoms with Crippen LogP contribution in [0.25, 0.3) is 22.4 Å². The van der Waals surface area contributed by atoms with Crippen molar-refractivity contribution in [2.24, 2.45) is 0 Å². The minimum atomic E-state index is -0.154. The molecule has 5 rings (SSSR count). The van der Waals surface area contributed by atoms with Gasteiger partial charge in [-0.25, -0.2) is 4.57 Å². The number of nitrogens with zero attached hydrogens (tertiary/aromatic N) is 4. The summed E-state index contributed by atoms with van der Waals surface area (Å²) < 4.78 is 14.5. The Morgan fingerprint density at radius 3 is 2.42 bits per heavy atom. The monoisotopic (exact) mass is 478 g/mol. The summed E-state index contributed by atoms with van der Waals surface area (Å²) in [5, 5.41) is 10.7. The van der Waals surface area contributed by atoms with Crippen molar-refractivity contribution in [2.45, 2.75) is 5.16 Å². The number of fused-ring (bicyclic) bond motifs is 3. The highest BCUT2D eigenvalue weighted by molar-refractivity contribution is 7.99. The first-order valence-electron chi connectivity index (χ1n) is 10.2. The molecule has 0 aliphatic carbocycles. The van der Waals surface area contributed by atoms with Crippen LogP contribution in [0.1, 0.15) is 0 Å². The van der Waals surface area contributed by atoms with E-state index in [2.05, 4.69) is 10.2 Å². The lowest BCUT2D eigenvalue weighted by Gasteiger charge is -2.12. The summed E-state index contributed by atoms with van der Waals surface area (Å²) in [4.78, 5) is 13.4. The van der Waals surface area contributed by atoms with Crippen LogP contribution in [0.3, 0.4) is 0 Å². The zero-order valence-electron chi connectivity index (χ0n) is 17.6. The van der Waals surface area contributed by atoms with Crippen molar-refractivity contribution in [3.8, 4) is 17.2 Å². The molecule has 0 radical (unpaired) electrons. The van der Waals surface area contributed by atoms with Gasteiger partial charge in [-0.15, -0.1) is 10.2 Å². The highest BCUT2D eigenvalue weighted by Crippen LogP contribution is 2.24. The van der Waals surface area contributed by atoms with E-state index in [1.807, 2.05) is 65.1 Å². The predicted octanol–water partition coefficient (Wildman–Crippen LogP) is 4.87. The Kier molecular flexibility index (Phi) is 5.93.